The molecule has 21 heavy (non-hydrogen) atoms. The highest BCUT2D eigenvalue weighted by atomic mass is 16.3. The molecule has 0 radical (unpaired) electrons. The second-order valence-electron chi connectivity index (χ2n) is 7.55. The monoisotopic (exact) mass is 288 g/mol. The van der Waals surface area contributed by atoms with E-state index in [0.29, 0.717) is 17.8 Å². The van der Waals surface area contributed by atoms with E-state index in [4.69, 9.17) is 0 Å². The highest BCUT2D eigenvalue weighted by molar-refractivity contribution is 5.51. The molecule has 1 unspecified atom stereocenters. The fraction of sp³-hybridized carbons (Fsp3) is 0.667. The van der Waals surface area contributed by atoms with Crippen LogP contribution in [0.2, 0.25) is 0 Å². The molecule has 3 aliphatic carbocycles. The molecule has 2 saturated carbocycles. The predicted octanol–water partition coefficient (Wildman–Crippen LogP) is 3.31. The van der Waals surface area contributed by atoms with Crippen LogP contribution in [-0.4, -0.2) is 21.4 Å². The van der Waals surface area contributed by atoms with E-state index in [-0.39, 0.29) is 23.0 Å². The minimum Gasteiger partial charge on any atom is -0.504 e. The highest BCUT2D eigenvalue weighted by Gasteiger charge is 2.54. The summed E-state index contributed by atoms with van der Waals surface area (Å²) in [5, 5.41) is 30.2. The molecule has 3 heteroatoms. The normalized spacial score (nSPS) is 41.2. The maximum Gasteiger partial charge on any atom is 0.160 e. The van der Waals surface area contributed by atoms with Gasteiger partial charge in [-0.2, -0.15) is 0 Å². The Morgan fingerprint density at radius 1 is 1.10 bits per heavy atom. The standard InChI is InChI=1S/C18H24O3/c1-18-9-8-11-10-4-6-15(19)17(21)13(10)3-2-12(11)14(18)5-7-16(18)20/h4,6,11-12,14,16,19-21H,2-3,5,7-9H2,1H3/t11-,12+,14+,16?,18+/m1/s1. The van der Waals surface area contributed by atoms with Crippen molar-refractivity contribution < 1.29 is 15.3 Å². The van der Waals surface area contributed by atoms with E-state index in [0.717, 1.165) is 44.1 Å². The molecule has 0 spiro atoms. The summed E-state index contributed by atoms with van der Waals surface area (Å²) in [6, 6.07) is 3.64. The molecule has 1 aromatic rings. The summed E-state index contributed by atoms with van der Waals surface area (Å²) in [7, 11) is 0. The van der Waals surface area contributed by atoms with Gasteiger partial charge in [-0.1, -0.05) is 13.0 Å². The van der Waals surface area contributed by atoms with Gasteiger partial charge in [0.2, 0.25) is 0 Å². The Morgan fingerprint density at radius 2 is 1.90 bits per heavy atom. The second kappa shape index (κ2) is 4.39. The first-order chi connectivity index (χ1) is 10.0. The Morgan fingerprint density at radius 3 is 2.71 bits per heavy atom. The van der Waals surface area contributed by atoms with Gasteiger partial charge in [0.25, 0.3) is 0 Å². The van der Waals surface area contributed by atoms with Crippen molar-refractivity contribution in [3.05, 3.63) is 23.3 Å². The highest BCUT2D eigenvalue weighted by Crippen LogP contribution is 2.61. The molecule has 3 aliphatic rings. The van der Waals surface area contributed by atoms with Crippen LogP contribution in [0.4, 0.5) is 0 Å². The molecule has 0 amide bonds. The summed E-state index contributed by atoms with van der Waals surface area (Å²) in [4.78, 5) is 0. The van der Waals surface area contributed by atoms with Gasteiger partial charge in [0.1, 0.15) is 0 Å². The fourth-order valence-electron chi connectivity index (χ4n) is 5.61. The summed E-state index contributed by atoms with van der Waals surface area (Å²) in [6.07, 6.45) is 6.02. The molecular weight excluding hydrogens is 264 g/mol. The van der Waals surface area contributed by atoms with Crippen molar-refractivity contribution in [1.82, 2.24) is 0 Å². The number of hydrogen-bond acceptors (Lipinski definition) is 3. The van der Waals surface area contributed by atoms with Gasteiger partial charge in [-0.15, -0.1) is 0 Å². The van der Waals surface area contributed by atoms with E-state index in [2.05, 4.69) is 6.92 Å². The van der Waals surface area contributed by atoms with Crippen molar-refractivity contribution in [3.8, 4) is 11.5 Å². The van der Waals surface area contributed by atoms with Crippen LogP contribution in [0.15, 0.2) is 12.1 Å². The first-order valence-corrected chi connectivity index (χ1v) is 8.24. The molecule has 0 saturated heterocycles. The lowest BCUT2D eigenvalue weighted by Crippen LogP contribution is -2.43. The third-order valence-corrected chi connectivity index (χ3v) is 6.81. The van der Waals surface area contributed by atoms with Crippen LogP contribution in [0.25, 0.3) is 0 Å². The van der Waals surface area contributed by atoms with Crippen molar-refractivity contribution >= 4 is 0 Å². The molecule has 1 aromatic carbocycles. The van der Waals surface area contributed by atoms with E-state index in [1.54, 1.807) is 6.07 Å². The van der Waals surface area contributed by atoms with Crippen LogP contribution in [0.1, 0.15) is 56.1 Å². The minimum absolute atomic E-state index is 0.00383. The molecule has 5 atom stereocenters. The van der Waals surface area contributed by atoms with E-state index in [1.807, 2.05) is 6.07 Å². The number of phenols is 2. The summed E-state index contributed by atoms with van der Waals surface area (Å²) >= 11 is 0. The molecular formula is C18H24O3. The van der Waals surface area contributed by atoms with Gasteiger partial charge in [-0.3, -0.25) is 0 Å². The van der Waals surface area contributed by atoms with Crippen LogP contribution in [0.5, 0.6) is 11.5 Å². The van der Waals surface area contributed by atoms with Crippen molar-refractivity contribution in [2.45, 2.75) is 57.5 Å². The zero-order chi connectivity index (χ0) is 14.8. The lowest BCUT2D eigenvalue weighted by Gasteiger charge is -2.50. The molecule has 0 aromatic heterocycles. The molecule has 0 bridgehead atoms. The van der Waals surface area contributed by atoms with Gasteiger partial charge in [-0.25, -0.2) is 0 Å². The summed E-state index contributed by atoms with van der Waals surface area (Å²) in [5.41, 5.74) is 2.29. The predicted molar refractivity (Wildman–Crippen MR) is 80.4 cm³/mol. The second-order valence-corrected chi connectivity index (χ2v) is 7.55. The van der Waals surface area contributed by atoms with Gasteiger partial charge in [0.05, 0.1) is 6.10 Å². The maximum atomic E-state index is 10.4. The average molecular weight is 288 g/mol. The number of benzene rings is 1. The van der Waals surface area contributed by atoms with E-state index in [9.17, 15) is 15.3 Å². The number of aliphatic hydroxyl groups excluding tert-OH is 1. The van der Waals surface area contributed by atoms with E-state index >= 15 is 0 Å². The lowest BCUT2D eigenvalue weighted by molar-refractivity contribution is -0.0227. The van der Waals surface area contributed by atoms with Crippen LogP contribution in [-0.2, 0) is 6.42 Å². The molecule has 2 fully saturated rings. The van der Waals surface area contributed by atoms with Crippen molar-refractivity contribution in [3.63, 3.8) is 0 Å². The Labute approximate surface area is 125 Å². The quantitative estimate of drug-likeness (QED) is 0.642. The largest absolute Gasteiger partial charge is 0.504 e. The number of aromatic hydroxyl groups is 2. The van der Waals surface area contributed by atoms with Gasteiger partial charge in [0.15, 0.2) is 11.5 Å². The zero-order valence-electron chi connectivity index (χ0n) is 12.5. The molecule has 4 rings (SSSR count). The smallest absolute Gasteiger partial charge is 0.160 e. The Bertz CT molecular complexity index is 582. The number of aliphatic hydroxyl groups is 1. The first-order valence-electron chi connectivity index (χ1n) is 8.24. The first kappa shape index (κ1) is 13.4. The van der Waals surface area contributed by atoms with Crippen molar-refractivity contribution in [1.29, 1.82) is 0 Å². The van der Waals surface area contributed by atoms with Crippen LogP contribution < -0.4 is 0 Å². The topological polar surface area (TPSA) is 60.7 Å². The Balaban J connectivity index is 1.74. The molecule has 0 aliphatic heterocycles. The molecule has 114 valence electrons. The van der Waals surface area contributed by atoms with Crippen molar-refractivity contribution in [2.24, 2.45) is 17.3 Å². The van der Waals surface area contributed by atoms with Gasteiger partial charge >= 0.3 is 0 Å². The fourth-order valence-corrected chi connectivity index (χ4v) is 5.61. The summed E-state index contributed by atoms with van der Waals surface area (Å²) in [5.74, 6) is 1.81. The lowest BCUT2D eigenvalue weighted by atomic mass is 9.55. The number of hydrogen-bond donors (Lipinski definition) is 3. The van der Waals surface area contributed by atoms with Crippen LogP contribution in [0, 0.1) is 17.3 Å². The molecule has 3 N–H and O–H groups in total. The maximum absolute atomic E-state index is 10.4. The van der Waals surface area contributed by atoms with E-state index in [1.165, 1.54) is 5.56 Å². The van der Waals surface area contributed by atoms with Gasteiger partial charge in [-0.05, 0) is 73.3 Å². The third kappa shape index (κ3) is 1.70. The number of phenolic OH excluding ortho intramolecular Hbond substituents is 2. The van der Waals surface area contributed by atoms with Gasteiger partial charge in [0, 0.05) is 5.56 Å². The zero-order valence-corrected chi connectivity index (χ0v) is 12.5. The third-order valence-electron chi connectivity index (χ3n) is 6.81. The Hall–Kier alpha value is -1.22. The molecule has 0 heterocycles. The molecule has 3 nitrogen and oxygen atoms in total. The van der Waals surface area contributed by atoms with E-state index < -0.39 is 0 Å². The number of rotatable bonds is 0. The summed E-state index contributed by atoms with van der Waals surface area (Å²) < 4.78 is 0. The minimum atomic E-state index is -0.141. The average Bonchev–Trinajstić information content (AvgIpc) is 2.78. The summed E-state index contributed by atoms with van der Waals surface area (Å²) in [6.45, 7) is 2.27. The van der Waals surface area contributed by atoms with Crippen molar-refractivity contribution in [2.75, 3.05) is 0 Å². The SMILES string of the molecule is C[C@]12CC[C@@H]3c4ccc(O)c(O)c4CC[C@@H]3[C@@H]1CCC2O. The Kier molecular flexibility index (Phi) is 2.81. The number of fused-ring (bicyclic) bond motifs is 5. The van der Waals surface area contributed by atoms with Crippen LogP contribution >= 0.6 is 0 Å². The van der Waals surface area contributed by atoms with Gasteiger partial charge < -0.3 is 15.3 Å². The van der Waals surface area contributed by atoms with Crippen LogP contribution in [0.3, 0.4) is 0 Å².